The van der Waals surface area contributed by atoms with Crippen LogP contribution in [0.15, 0.2) is 18.2 Å². The zero-order valence-electron chi connectivity index (χ0n) is 9.01. The molecule has 1 rings (SSSR count). The third-order valence-corrected chi connectivity index (χ3v) is 2.32. The van der Waals surface area contributed by atoms with E-state index in [0.717, 1.165) is 6.29 Å². The summed E-state index contributed by atoms with van der Waals surface area (Å²) in [6.07, 6.45) is 1.02. The minimum absolute atomic E-state index is 0.0152. The van der Waals surface area contributed by atoms with Gasteiger partial charge in [0.05, 0.1) is 6.42 Å². The van der Waals surface area contributed by atoms with Crippen molar-refractivity contribution < 1.29 is 19.8 Å². The molecule has 0 aliphatic heterocycles. The molecule has 0 aromatic heterocycles. The van der Waals surface area contributed by atoms with Crippen LogP contribution in [0.5, 0.6) is 5.75 Å². The number of aliphatic carboxylic acids is 1. The van der Waals surface area contributed by atoms with Gasteiger partial charge in [-0.3, -0.25) is 4.79 Å². The summed E-state index contributed by atoms with van der Waals surface area (Å²) < 4.78 is 0. The highest BCUT2D eigenvalue weighted by molar-refractivity contribution is 5.71. The number of phenols is 1. The zero-order valence-corrected chi connectivity index (χ0v) is 9.01. The summed E-state index contributed by atoms with van der Waals surface area (Å²) in [7, 11) is 0. The number of carbonyl (C=O) groups excluding carboxylic acids is 1. The lowest BCUT2D eigenvalue weighted by Gasteiger charge is -2.09. The zero-order chi connectivity index (χ0) is 12.1. The molecule has 16 heavy (non-hydrogen) atoms. The predicted molar refractivity (Wildman–Crippen MR) is 58.4 cm³/mol. The van der Waals surface area contributed by atoms with E-state index in [1.54, 1.807) is 25.1 Å². The molecule has 1 aromatic rings. The number of phenolic OH excluding ortho intramolecular Hbond substituents is 1. The van der Waals surface area contributed by atoms with Gasteiger partial charge in [0.2, 0.25) is 0 Å². The van der Waals surface area contributed by atoms with E-state index in [2.05, 4.69) is 0 Å². The van der Waals surface area contributed by atoms with Crippen LogP contribution in [0.1, 0.15) is 18.1 Å². The maximum absolute atomic E-state index is 10.5. The van der Waals surface area contributed by atoms with Gasteiger partial charge in [0.15, 0.2) is 0 Å². The van der Waals surface area contributed by atoms with Crippen molar-refractivity contribution in [1.82, 2.24) is 0 Å². The molecule has 0 saturated heterocycles. The Bertz CT molecular complexity index is 398. The maximum Gasteiger partial charge on any atom is 0.307 e. The van der Waals surface area contributed by atoms with Gasteiger partial charge in [0.1, 0.15) is 12.0 Å². The monoisotopic (exact) mass is 222 g/mol. The van der Waals surface area contributed by atoms with Crippen LogP contribution in [0, 0.1) is 5.92 Å². The van der Waals surface area contributed by atoms with Crippen LogP contribution in [-0.2, 0) is 22.4 Å². The highest BCUT2D eigenvalue weighted by atomic mass is 16.4. The number of para-hydroxylation sites is 1. The van der Waals surface area contributed by atoms with Crippen LogP contribution < -0.4 is 0 Å². The van der Waals surface area contributed by atoms with Crippen LogP contribution in [-0.4, -0.2) is 22.5 Å². The summed E-state index contributed by atoms with van der Waals surface area (Å²) in [6, 6.07) is 4.95. The molecule has 0 spiro atoms. The molecule has 0 fully saturated rings. The Balaban J connectivity index is 2.94. The maximum atomic E-state index is 10.5. The predicted octanol–water partition coefficient (Wildman–Crippen LogP) is 1.40. The molecular formula is C12H14O4. The van der Waals surface area contributed by atoms with Gasteiger partial charge in [-0.25, -0.2) is 0 Å². The Labute approximate surface area is 93.5 Å². The number of rotatable bonds is 5. The second-order valence-corrected chi connectivity index (χ2v) is 3.81. The van der Waals surface area contributed by atoms with Crippen molar-refractivity contribution in [2.24, 2.45) is 5.92 Å². The van der Waals surface area contributed by atoms with Crippen molar-refractivity contribution in [3.8, 4) is 5.75 Å². The quantitative estimate of drug-likeness (QED) is 0.738. The molecule has 0 radical (unpaired) electrons. The number of carboxylic acids is 1. The first-order chi connectivity index (χ1) is 7.54. The van der Waals surface area contributed by atoms with Crippen molar-refractivity contribution in [2.75, 3.05) is 0 Å². The number of aromatic hydroxyl groups is 1. The van der Waals surface area contributed by atoms with Gasteiger partial charge in [0.25, 0.3) is 0 Å². The Morgan fingerprint density at radius 2 is 2.06 bits per heavy atom. The summed E-state index contributed by atoms with van der Waals surface area (Å²) in [5.74, 6) is -1.19. The Morgan fingerprint density at radius 3 is 2.62 bits per heavy atom. The lowest BCUT2D eigenvalue weighted by atomic mass is 9.98. The summed E-state index contributed by atoms with van der Waals surface area (Å²) in [5.41, 5.74) is 0.987. The average Bonchev–Trinajstić information content (AvgIpc) is 2.23. The van der Waals surface area contributed by atoms with E-state index in [9.17, 15) is 14.7 Å². The molecule has 0 heterocycles. The van der Waals surface area contributed by atoms with Gasteiger partial charge in [-0.15, -0.1) is 0 Å². The lowest BCUT2D eigenvalue weighted by Crippen LogP contribution is -2.04. The third-order valence-electron chi connectivity index (χ3n) is 2.32. The number of hydrogen-bond acceptors (Lipinski definition) is 3. The van der Waals surface area contributed by atoms with Crippen LogP contribution in [0.25, 0.3) is 0 Å². The highest BCUT2D eigenvalue weighted by Crippen LogP contribution is 2.25. The normalized spacial score (nSPS) is 12.1. The SMILES string of the molecule is CC(C=O)Cc1cccc(CC(=O)O)c1O. The molecule has 0 saturated carbocycles. The highest BCUT2D eigenvalue weighted by Gasteiger charge is 2.12. The molecule has 1 atom stereocenters. The summed E-state index contributed by atoms with van der Waals surface area (Å²) in [4.78, 5) is 21.1. The molecule has 0 amide bonds. The molecule has 4 nitrogen and oxygen atoms in total. The molecular weight excluding hydrogens is 208 g/mol. The second kappa shape index (κ2) is 5.30. The fourth-order valence-corrected chi connectivity index (χ4v) is 1.51. The molecule has 2 N–H and O–H groups in total. The van der Waals surface area contributed by atoms with Crippen molar-refractivity contribution >= 4 is 12.3 Å². The first kappa shape index (κ1) is 12.2. The lowest BCUT2D eigenvalue weighted by molar-refractivity contribution is -0.136. The van der Waals surface area contributed by atoms with Gasteiger partial charge in [-0.1, -0.05) is 25.1 Å². The number of aldehydes is 1. The van der Waals surface area contributed by atoms with Gasteiger partial charge in [-0.05, 0) is 12.0 Å². The van der Waals surface area contributed by atoms with Crippen molar-refractivity contribution in [3.63, 3.8) is 0 Å². The largest absolute Gasteiger partial charge is 0.507 e. The Morgan fingerprint density at radius 1 is 1.44 bits per heavy atom. The Hall–Kier alpha value is -1.84. The molecule has 1 unspecified atom stereocenters. The van der Waals surface area contributed by atoms with Crippen LogP contribution in [0.4, 0.5) is 0 Å². The van der Waals surface area contributed by atoms with E-state index in [-0.39, 0.29) is 18.1 Å². The van der Waals surface area contributed by atoms with Crippen molar-refractivity contribution in [1.29, 1.82) is 0 Å². The van der Waals surface area contributed by atoms with Gasteiger partial charge in [0, 0.05) is 11.5 Å². The Kier molecular flexibility index (Phi) is 4.05. The van der Waals surface area contributed by atoms with Crippen molar-refractivity contribution in [2.45, 2.75) is 19.8 Å². The second-order valence-electron chi connectivity index (χ2n) is 3.81. The standard InChI is InChI=1S/C12H14O4/c1-8(7-13)5-9-3-2-4-10(12(9)16)6-11(14)15/h2-4,7-8,16H,5-6H2,1H3,(H,14,15). The first-order valence-corrected chi connectivity index (χ1v) is 5.01. The van der Waals surface area contributed by atoms with Crippen LogP contribution in [0.3, 0.4) is 0 Å². The number of hydrogen-bond donors (Lipinski definition) is 2. The molecule has 0 aliphatic rings. The summed E-state index contributed by atoms with van der Waals surface area (Å²) in [6.45, 7) is 1.75. The van der Waals surface area contributed by atoms with Crippen LogP contribution in [0.2, 0.25) is 0 Å². The minimum atomic E-state index is -0.990. The minimum Gasteiger partial charge on any atom is -0.507 e. The first-order valence-electron chi connectivity index (χ1n) is 5.01. The van der Waals surface area contributed by atoms with E-state index >= 15 is 0 Å². The summed E-state index contributed by atoms with van der Waals surface area (Å²) >= 11 is 0. The van der Waals surface area contributed by atoms with Crippen LogP contribution >= 0.6 is 0 Å². The number of carboxylic acid groups (broad SMARTS) is 1. The van der Waals surface area contributed by atoms with Gasteiger partial charge >= 0.3 is 5.97 Å². The van der Waals surface area contributed by atoms with E-state index in [1.807, 2.05) is 0 Å². The smallest absolute Gasteiger partial charge is 0.307 e. The van der Waals surface area contributed by atoms with E-state index in [4.69, 9.17) is 5.11 Å². The summed E-state index contributed by atoms with van der Waals surface area (Å²) in [5, 5.41) is 18.4. The fourth-order valence-electron chi connectivity index (χ4n) is 1.51. The average molecular weight is 222 g/mol. The number of carbonyl (C=O) groups is 2. The molecule has 0 aliphatic carbocycles. The van der Waals surface area contributed by atoms with Gasteiger partial charge < -0.3 is 15.0 Å². The molecule has 0 bridgehead atoms. The van der Waals surface area contributed by atoms with Crippen molar-refractivity contribution in [3.05, 3.63) is 29.3 Å². The topological polar surface area (TPSA) is 74.6 Å². The fraction of sp³-hybridized carbons (Fsp3) is 0.333. The molecule has 4 heteroatoms. The van der Waals surface area contributed by atoms with E-state index < -0.39 is 5.97 Å². The molecule has 1 aromatic carbocycles. The third kappa shape index (κ3) is 3.08. The van der Waals surface area contributed by atoms with E-state index in [0.29, 0.717) is 17.5 Å². The van der Waals surface area contributed by atoms with Gasteiger partial charge in [-0.2, -0.15) is 0 Å². The van der Waals surface area contributed by atoms with E-state index in [1.165, 1.54) is 0 Å². The molecule has 86 valence electrons. The number of benzene rings is 1.